The highest BCUT2D eigenvalue weighted by Gasteiger charge is 2.19. The zero-order valence-corrected chi connectivity index (χ0v) is 19.0. The van der Waals surface area contributed by atoms with Crippen LogP contribution >= 0.6 is 11.6 Å². The van der Waals surface area contributed by atoms with E-state index in [0.29, 0.717) is 5.92 Å². The molecule has 2 aliphatic carbocycles. The van der Waals surface area contributed by atoms with Gasteiger partial charge in [-0.1, -0.05) is 140 Å². The summed E-state index contributed by atoms with van der Waals surface area (Å²) in [5, 5.41) is 0.890. The fourth-order valence-electron chi connectivity index (χ4n) is 3.61. The van der Waals surface area contributed by atoms with Gasteiger partial charge in [0.15, 0.2) is 0 Å². The maximum atomic E-state index is 5.97. The lowest BCUT2D eigenvalue weighted by molar-refractivity contribution is 0.235. The molecule has 3 rings (SSSR count). The Labute approximate surface area is 198 Å². The van der Waals surface area contributed by atoms with Gasteiger partial charge in [-0.2, -0.15) is 0 Å². The van der Waals surface area contributed by atoms with Crippen LogP contribution in [-0.2, 0) is 6.42 Å². The largest absolute Gasteiger partial charge is 0.0840 e. The molecule has 0 amide bonds. The summed E-state index contributed by atoms with van der Waals surface area (Å²) >= 11 is 5.97. The van der Waals surface area contributed by atoms with Crippen LogP contribution in [0.4, 0.5) is 0 Å². The summed E-state index contributed by atoms with van der Waals surface area (Å²) < 4.78 is 0. The molecule has 0 heterocycles. The maximum absolute atomic E-state index is 5.97. The first-order valence-electron chi connectivity index (χ1n) is 11.0. The molecule has 0 N–H and O–H groups in total. The van der Waals surface area contributed by atoms with Gasteiger partial charge in [0.05, 0.1) is 0 Å². The topological polar surface area (TPSA) is 0 Å². The Hall–Kier alpha value is -0.490. The van der Waals surface area contributed by atoms with E-state index >= 15 is 0 Å². The van der Waals surface area contributed by atoms with Crippen LogP contribution in [0.2, 0.25) is 5.02 Å². The van der Waals surface area contributed by atoms with Crippen LogP contribution in [-0.4, -0.2) is 0 Å². The molecule has 2 saturated carbocycles. The predicted molar refractivity (Wildman–Crippen MR) is 146 cm³/mol. The molecule has 30 heavy (non-hydrogen) atoms. The fourth-order valence-corrected chi connectivity index (χ4v) is 3.82. The van der Waals surface area contributed by atoms with E-state index in [1.807, 2.05) is 18.2 Å². The minimum absolute atomic E-state index is 0. The van der Waals surface area contributed by atoms with Gasteiger partial charge in [0, 0.05) is 5.02 Å². The third-order valence-electron chi connectivity index (χ3n) is 5.71. The second-order valence-corrected chi connectivity index (χ2v) is 9.96. The molecule has 0 nitrogen and oxygen atoms in total. The van der Waals surface area contributed by atoms with Crippen LogP contribution in [0.15, 0.2) is 24.3 Å². The fraction of sp³-hybridized carbons (Fsp3) is 0.793. The van der Waals surface area contributed by atoms with E-state index in [4.69, 9.17) is 11.6 Å². The summed E-state index contributed by atoms with van der Waals surface area (Å²) in [6, 6.07) is 8.03. The Bertz CT molecular complexity index is 467. The van der Waals surface area contributed by atoms with Gasteiger partial charge in [0.2, 0.25) is 0 Å². The van der Waals surface area contributed by atoms with E-state index in [2.05, 4.69) is 47.6 Å². The first-order chi connectivity index (χ1) is 12.3. The molecule has 1 heteroatoms. The van der Waals surface area contributed by atoms with E-state index in [1.165, 1.54) is 50.5 Å². The van der Waals surface area contributed by atoms with Crippen molar-refractivity contribution in [3.05, 3.63) is 34.9 Å². The second kappa shape index (κ2) is 20.4. The van der Waals surface area contributed by atoms with Gasteiger partial charge in [-0.25, -0.2) is 0 Å². The highest BCUT2D eigenvalue weighted by atomic mass is 35.5. The summed E-state index contributed by atoms with van der Waals surface area (Å²) in [6.07, 6.45) is 11.5. The highest BCUT2D eigenvalue weighted by Crippen LogP contribution is 2.32. The molecule has 0 atom stereocenters. The van der Waals surface area contributed by atoms with Crippen LogP contribution in [0.1, 0.15) is 122 Å². The molecule has 1 aromatic rings. The summed E-state index contributed by atoms with van der Waals surface area (Å²) in [4.78, 5) is 0. The van der Waals surface area contributed by atoms with Gasteiger partial charge < -0.3 is 0 Å². The van der Waals surface area contributed by atoms with Crippen molar-refractivity contribution in [3.63, 3.8) is 0 Å². The highest BCUT2D eigenvalue weighted by molar-refractivity contribution is 6.31. The molecule has 0 bridgehead atoms. The van der Waals surface area contributed by atoms with E-state index in [-0.39, 0.29) is 29.7 Å². The maximum Gasteiger partial charge on any atom is 0.0438 e. The molecule has 0 radical (unpaired) electrons. The number of benzene rings is 1. The van der Waals surface area contributed by atoms with Gasteiger partial charge in [-0.05, 0) is 54.1 Å². The Morgan fingerprint density at radius 1 is 0.767 bits per heavy atom. The Kier molecular flexibility index (Phi) is 25.1. The second-order valence-electron chi connectivity index (χ2n) is 9.55. The average molecular weight is 443 g/mol. The quantitative estimate of drug-likeness (QED) is 0.425. The molecule has 2 aliphatic rings. The number of hydrogen-bond donors (Lipinski definition) is 0. The van der Waals surface area contributed by atoms with Crippen LogP contribution in [0.5, 0.6) is 0 Å². The lowest BCUT2D eigenvalue weighted by Gasteiger charge is -2.28. The summed E-state index contributed by atoms with van der Waals surface area (Å²) in [5.41, 5.74) is 1.25. The molecule has 1 aromatic carbocycles. The van der Waals surface area contributed by atoms with Gasteiger partial charge in [0.25, 0.3) is 0 Å². The van der Waals surface area contributed by atoms with Crippen molar-refractivity contribution in [1.29, 1.82) is 0 Å². The first kappa shape index (κ1) is 36.9. The predicted octanol–water partition coefficient (Wildman–Crippen LogP) is 11.4. The van der Waals surface area contributed by atoms with Gasteiger partial charge in [-0.15, -0.1) is 0 Å². The van der Waals surface area contributed by atoms with Crippen molar-refractivity contribution in [1.82, 2.24) is 0 Å². The average Bonchev–Trinajstić information content (AvgIpc) is 2.44. The van der Waals surface area contributed by atoms with Crippen molar-refractivity contribution in [2.75, 3.05) is 0 Å². The summed E-state index contributed by atoms with van der Waals surface area (Å²) in [5.74, 6) is 4.75. The Balaban J connectivity index is -0.000000162. The standard InChI is InChI=1S/C10H13Cl.C8H16.C7H14.4CH4/c1-8(2)7-9-5-3-4-6-10(9)11;1-7(2)6-8-4-3-5-8;1-6(2)7-4-3-5-7;;;;/h3-6,8H,7H2,1-2H3;7-8H,3-6H2,1-2H3;6-7H,3-5H2,1-2H3;4*1H4. The third kappa shape index (κ3) is 16.2. The molecule has 0 aliphatic heterocycles. The van der Waals surface area contributed by atoms with Gasteiger partial charge >= 0.3 is 0 Å². The van der Waals surface area contributed by atoms with E-state index in [0.717, 1.165) is 35.1 Å². The zero-order chi connectivity index (χ0) is 19.5. The lowest BCUT2D eigenvalue weighted by atomic mass is 9.78. The van der Waals surface area contributed by atoms with E-state index in [9.17, 15) is 0 Å². The summed E-state index contributed by atoms with van der Waals surface area (Å²) in [7, 11) is 0. The first-order valence-corrected chi connectivity index (χ1v) is 11.4. The lowest BCUT2D eigenvalue weighted by Crippen LogP contribution is -2.16. The van der Waals surface area contributed by atoms with Crippen molar-refractivity contribution in [3.8, 4) is 0 Å². The van der Waals surface area contributed by atoms with Crippen LogP contribution in [0.3, 0.4) is 0 Å². The molecule has 0 spiro atoms. The Morgan fingerprint density at radius 3 is 1.50 bits per heavy atom. The van der Waals surface area contributed by atoms with Crippen LogP contribution < -0.4 is 0 Å². The molecular formula is C29H59Cl. The molecule has 0 unspecified atom stereocenters. The molecular weight excluding hydrogens is 384 g/mol. The zero-order valence-electron chi connectivity index (χ0n) is 18.2. The van der Waals surface area contributed by atoms with Crippen molar-refractivity contribution in [2.45, 2.75) is 123 Å². The van der Waals surface area contributed by atoms with Gasteiger partial charge in [-0.3, -0.25) is 0 Å². The molecule has 0 aromatic heterocycles. The van der Waals surface area contributed by atoms with E-state index in [1.54, 1.807) is 0 Å². The van der Waals surface area contributed by atoms with Crippen LogP contribution in [0, 0.1) is 29.6 Å². The third-order valence-corrected chi connectivity index (χ3v) is 6.08. The minimum Gasteiger partial charge on any atom is -0.0840 e. The van der Waals surface area contributed by atoms with E-state index < -0.39 is 0 Å². The number of hydrogen-bond acceptors (Lipinski definition) is 0. The SMILES string of the molecule is C.C.C.C.CC(C)C1CCC1.CC(C)CC1CCC1.CC(C)Cc1ccccc1Cl. The van der Waals surface area contributed by atoms with Crippen molar-refractivity contribution >= 4 is 11.6 Å². The van der Waals surface area contributed by atoms with Gasteiger partial charge in [0.1, 0.15) is 0 Å². The Morgan fingerprint density at radius 2 is 1.27 bits per heavy atom. The number of rotatable bonds is 5. The van der Waals surface area contributed by atoms with Crippen molar-refractivity contribution < 1.29 is 0 Å². The van der Waals surface area contributed by atoms with Crippen molar-refractivity contribution in [2.24, 2.45) is 29.6 Å². The molecule has 182 valence electrons. The monoisotopic (exact) mass is 442 g/mol. The normalized spacial score (nSPS) is 14.9. The smallest absolute Gasteiger partial charge is 0.0438 e. The molecule has 2 fully saturated rings. The molecule has 0 saturated heterocycles. The number of halogens is 1. The minimum atomic E-state index is 0. The van der Waals surface area contributed by atoms with Crippen LogP contribution in [0.25, 0.3) is 0 Å². The summed E-state index contributed by atoms with van der Waals surface area (Å²) in [6.45, 7) is 13.7.